The molecule has 2 aromatic rings. The number of benzene rings is 1. The smallest absolute Gasteiger partial charge is 0.417 e. The van der Waals surface area contributed by atoms with Crippen LogP contribution in [0.4, 0.5) is 13.2 Å². The summed E-state index contributed by atoms with van der Waals surface area (Å²) in [5, 5.41) is 18.2. The third-order valence-corrected chi connectivity index (χ3v) is 9.99. The summed E-state index contributed by atoms with van der Waals surface area (Å²) in [6.45, 7) is 1.66. The number of aryl methyl sites for hydroxylation is 1. The highest BCUT2D eigenvalue weighted by Crippen LogP contribution is 2.66. The molecule has 1 amide bonds. The number of nitrogens with two attached hydrogens (primary N) is 1. The minimum atomic E-state index is -5.04. The molecule has 2 unspecified atom stereocenters. The lowest BCUT2D eigenvalue weighted by Gasteiger charge is -2.31. The maximum absolute atomic E-state index is 14.2. The maximum atomic E-state index is 14.2. The molecule has 1 aromatic heterocycles. The molecule has 0 spiro atoms. The summed E-state index contributed by atoms with van der Waals surface area (Å²) in [6.07, 6.45) is -6.21. The lowest BCUT2D eigenvalue weighted by Crippen LogP contribution is -2.44. The molecule has 1 heterocycles. The molecular weight excluding hydrogens is 527 g/mol. The van der Waals surface area contributed by atoms with Crippen molar-refractivity contribution in [2.24, 2.45) is 22.5 Å². The number of sulfone groups is 1. The molecular formula is C25H24F3N3O6S. The molecule has 0 radical (unpaired) electrons. The van der Waals surface area contributed by atoms with E-state index in [1.807, 2.05) is 0 Å². The Balaban J connectivity index is 1.80. The van der Waals surface area contributed by atoms with Crippen LogP contribution in [0.1, 0.15) is 30.5 Å². The number of ether oxygens (including phenoxy) is 1. The maximum Gasteiger partial charge on any atom is 0.417 e. The van der Waals surface area contributed by atoms with Crippen molar-refractivity contribution in [2.45, 2.75) is 48.6 Å². The van der Waals surface area contributed by atoms with Gasteiger partial charge in [-0.2, -0.15) is 18.4 Å². The molecule has 2 aliphatic carbocycles. The number of carboxylic acid groups (broad SMARTS) is 1. The van der Waals surface area contributed by atoms with Crippen LogP contribution in [0.25, 0.3) is 11.1 Å². The number of carbonyl (C=O) groups is 2. The molecule has 2 aliphatic rings. The summed E-state index contributed by atoms with van der Waals surface area (Å²) in [7, 11) is -3.61. The number of amides is 1. The largest absolute Gasteiger partial charge is 0.481 e. The number of pyridine rings is 1. The number of aliphatic carboxylic acids is 1. The molecule has 2 saturated carbocycles. The number of methoxy groups -OCH3 is 1. The van der Waals surface area contributed by atoms with Gasteiger partial charge in [-0.1, -0.05) is 6.07 Å². The van der Waals surface area contributed by atoms with Gasteiger partial charge in [-0.15, -0.1) is 0 Å². The zero-order valence-electron chi connectivity index (χ0n) is 20.3. The molecule has 0 bridgehead atoms. The first kappa shape index (κ1) is 27.5. The van der Waals surface area contributed by atoms with Crippen molar-refractivity contribution in [1.29, 1.82) is 5.26 Å². The van der Waals surface area contributed by atoms with Crippen LogP contribution in [0.3, 0.4) is 0 Å². The van der Waals surface area contributed by atoms with Crippen LogP contribution in [0.5, 0.6) is 0 Å². The van der Waals surface area contributed by atoms with Crippen LogP contribution in [0.15, 0.2) is 41.4 Å². The quantitative estimate of drug-likeness (QED) is 0.531. The zero-order valence-corrected chi connectivity index (χ0v) is 21.1. The van der Waals surface area contributed by atoms with E-state index in [1.165, 1.54) is 18.3 Å². The number of hydrogen-bond acceptors (Lipinski definition) is 7. The highest BCUT2D eigenvalue weighted by atomic mass is 32.2. The predicted octanol–water partition coefficient (Wildman–Crippen LogP) is 3.11. The SMILES string of the molecule is CO[C@@H]1C[C@H](S(=O)(=O)c2ccc(-c3ccnc(C)c3)cc2C(F)(F)F)C[C@@]1(C(=O)O)C1CC1(C#N)C(N)=O. The zero-order chi connectivity index (χ0) is 28.3. The summed E-state index contributed by atoms with van der Waals surface area (Å²) in [5.74, 6) is -3.71. The van der Waals surface area contributed by atoms with Gasteiger partial charge in [0.2, 0.25) is 5.91 Å². The fraction of sp³-hybridized carbons (Fsp3) is 0.440. The summed E-state index contributed by atoms with van der Waals surface area (Å²) >= 11 is 0. The predicted molar refractivity (Wildman–Crippen MR) is 126 cm³/mol. The van der Waals surface area contributed by atoms with E-state index in [1.54, 1.807) is 19.1 Å². The summed E-state index contributed by atoms with van der Waals surface area (Å²) in [4.78, 5) is 27.5. The van der Waals surface area contributed by atoms with Gasteiger partial charge in [0.1, 0.15) is 10.8 Å². The van der Waals surface area contributed by atoms with Crippen LogP contribution in [-0.4, -0.2) is 48.8 Å². The van der Waals surface area contributed by atoms with Crippen molar-refractivity contribution in [3.63, 3.8) is 0 Å². The standard InChI is InChI=1S/C25H24F3N3O6S/c1-13-7-15(5-6-31-13)14-3-4-18(17(8-14)25(26,27)28)38(35,36)16-9-20(37-2)24(10-16,22(33)34)19-11-23(19,12-29)21(30)32/h3-8,16,19-20H,9-11H2,1-2H3,(H2,30,32)(H,33,34)/t16-,19?,20+,23?,24+/m0/s1. The fourth-order valence-corrected chi connectivity index (χ4v) is 7.77. The number of carbonyl (C=O) groups excluding carboxylic acids is 1. The van der Waals surface area contributed by atoms with Crippen molar-refractivity contribution in [3.8, 4) is 17.2 Å². The van der Waals surface area contributed by atoms with Gasteiger partial charge >= 0.3 is 12.1 Å². The Hall–Kier alpha value is -3.50. The summed E-state index contributed by atoms with van der Waals surface area (Å²) < 4.78 is 75.1. The first-order chi connectivity index (χ1) is 17.6. The number of nitrogens with zero attached hydrogens (tertiary/aromatic N) is 2. The molecule has 5 atom stereocenters. The molecule has 38 heavy (non-hydrogen) atoms. The van der Waals surface area contributed by atoms with Gasteiger partial charge in [-0.3, -0.25) is 14.6 Å². The number of alkyl halides is 3. The van der Waals surface area contributed by atoms with E-state index in [0.717, 1.165) is 19.2 Å². The molecule has 0 saturated heterocycles. The van der Waals surface area contributed by atoms with E-state index < -0.39 is 79.3 Å². The van der Waals surface area contributed by atoms with E-state index in [9.17, 15) is 41.5 Å². The Morgan fingerprint density at radius 1 is 1.21 bits per heavy atom. The minimum Gasteiger partial charge on any atom is -0.481 e. The monoisotopic (exact) mass is 551 g/mol. The Labute approximate surface area is 216 Å². The Morgan fingerprint density at radius 2 is 1.87 bits per heavy atom. The first-order valence-corrected chi connectivity index (χ1v) is 13.0. The van der Waals surface area contributed by atoms with Gasteiger partial charge in [0.15, 0.2) is 9.84 Å². The van der Waals surface area contributed by atoms with Crippen LogP contribution in [0.2, 0.25) is 0 Å². The van der Waals surface area contributed by atoms with Crippen molar-refractivity contribution < 1.29 is 41.0 Å². The van der Waals surface area contributed by atoms with Crippen LogP contribution >= 0.6 is 0 Å². The highest BCUT2D eigenvalue weighted by molar-refractivity contribution is 7.92. The minimum absolute atomic E-state index is 0.126. The molecule has 2 fully saturated rings. The molecule has 13 heteroatoms. The van der Waals surface area contributed by atoms with Crippen molar-refractivity contribution in [2.75, 3.05) is 7.11 Å². The molecule has 3 N–H and O–H groups in total. The molecule has 202 valence electrons. The first-order valence-electron chi connectivity index (χ1n) is 11.5. The van der Waals surface area contributed by atoms with Crippen LogP contribution in [-0.2, 0) is 30.3 Å². The van der Waals surface area contributed by atoms with Crippen LogP contribution < -0.4 is 5.73 Å². The van der Waals surface area contributed by atoms with E-state index in [2.05, 4.69) is 4.98 Å². The van der Waals surface area contributed by atoms with E-state index in [0.29, 0.717) is 11.3 Å². The average molecular weight is 552 g/mol. The van der Waals surface area contributed by atoms with E-state index in [-0.39, 0.29) is 12.0 Å². The second-order valence-electron chi connectivity index (χ2n) is 9.78. The van der Waals surface area contributed by atoms with Gasteiger partial charge in [0, 0.05) is 24.9 Å². The van der Waals surface area contributed by atoms with Gasteiger partial charge in [-0.05, 0) is 61.6 Å². The third-order valence-electron chi connectivity index (χ3n) is 7.78. The average Bonchev–Trinajstić information content (AvgIpc) is 3.48. The number of primary amides is 1. The van der Waals surface area contributed by atoms with Crippen molar-refractivity contribution >= 4 is 21.7 Å². The van der Waals surface area contributed by atoms with Gasteiger partial charge in [-0.25, -0.2) is 8.42 Å². The number of rotatable bonds is 7. The van der Waals surface area contributed by atoms with Gasteiger partial charge < -0.3 is 15.6 Å². The third kappa shape index (κ3) is 4.12. The van der Waals surface area contributed by atoms with Gasteiger partial charge in [0.05, 0.1) is 27.9 Å². The van der Waals surface area contributed by atoms with E-state index >= 15 is 0 Å². The number of hydrogen-bond donors (Lipinski definition) is 2. The van der Waals surface area contributed by atoms with Gasteiger partial charge in [0.25, 0.3) is 0 Å². The summed E-state index contributed by atoms with van der Waals surface area (Å²) in [6, 6.07) is 7.65. The fourth-order valence-electron chi connectivity index (χ4n) is 5.74. The highest BCUT2D eigenvalue weighted by Gasteiger charge is 2.75. The number of carboxylic acids is 1. The topological polar surface area (TPSA) is 160 Å². The molecule has 0 aliphatic heterocycles. The number of aromatic nitrogens is 1. The molecule has 1 aromatic carbocycles. The second kappa shape index (κ2) is 9.06. The Kier molecular flexibility index (Phi) is 6.56. The van der Waals surface area contributed by atoms with Crippen molar-refractivity contribution in [3.05, 3.63) is 47.8 Å². The number of halogens is 3. The second-order valence-corrected chi connectivity index (χ2v) is 12.0. The van der Waals surface area contributed by atoms with Crippen LogP contribution in [0, 0.1) is 35.0 Å². The van der Waals surface area contributed by atoms with E-state index in [4.69, 9.17) is 10.5 Å². The Bertz CT molecular complexity index is 1470. The lowest BCUT2D eigenvalue weighted by atomic mass is 9.75. The summed E-state index contributed by atoms with van der Waals surface area (Å²) in [5.41, 5.74) is 1.22. The molecule has 9 nitrogen and oxygen atoms in total. The molecule has 4 rings (SSSR count). The Morgan fingerprint density at radius 3 is 2.37 bits per heavy atom. The lowest BCUT2D eigenvalue weighted by molar-refractivity contribution is -0.159. The normalized spacial score (nSPS) is 29.0. The number of nitriles is 1. The van der Waals surface area contributed by atoms with Crippen molar-refractivity contribution in [1.82, 2.24) is 4.98 Å².